The molecular formula is C14H8F3NO2. The van der Waals surface area contributed by atoms with Gasteiger partial charge in [0.15, 0.2) is 29.0 Å². The van der Waals surface area contributed by atoms with E-state index in [1.54, 1.807) is 12.1 Å². The molecule has 102 valence electrons. The molecule has 0 aromatic heterocycles. The molecule has 1 heterocycles. The van der Waals surface area contributed by atoms with Crippen molar-refractivity contribution in [2.75, 3.05) is 4.90 Å². The summed E-state index contributed by atoms with van der Waals surface area (Å²) in [7, 11) is 0. The molecular weight excluding hydrogens is 271 g/mol. The summed E-state index contributed by atoms with van der Waals surface area (Å²) >= 11 is 0. The molecule has 3 nitrogen and oxygen atoms in total. The highest BCUT2D eigenvalue weighted by molar-refractivity contribution is 6.03. The molecule has 0 saturated carbocycles. The number of para-hydroxylation sites is 2. The van der Waals surface area contributed by atoms with E-state index in [2.05, 4.69) is 0 Å². The number of benzene rings is 2. The lowest BCUT2D eigenvalue weighted by Crippen LogP contribution is -2.28. The number of rotatable bonds is 0. The second kappa shape index (κ2) is 4.26. The van der Waals surface area contributed by atoms with Gasteiger partial charge in [-0.3, -0.25) is 9.69 Å². The van der Waals surface area contributed by atoms with E-state index < -0.39 is 34.8 Å². The smallest absolute Gasteiger partial charge is 0.228 e. The third-order valence-corrected chi connectivity index (χ3v) is 2.96. The van der Waals surface area contributed by atoms with E-state index in [-0.39, 0.29) is 11.4 Å². The molecule has 2 aromatic rings. The second-order valence-corrected chi connectivity index (χ2v) is 4.26. The van der Waals surface area contributed by atoms with Crippen molar-refractivity contribution in [3.05, 3.63) is 47.8 Å². The Morgan fingerprint density at radius 2 is 1.85 bits per heavy atom. The van der Waals surface area contributed by atoms with Gasteiger partial charge in [0.25, 0.3) is 0 Å². The molecule has 0 unspecified atom stereocenters. The third-order valence-electron chi connectivity index (χ3n) is 2.96. The minimum absolute atomic E-state index is 0.195. The SMILES string of the molecule is CC(=O)N1c2ccccc2Oc2c(F)cc(F)c(F)c21. The Morgan fingerprint density at radius 1 is 1.15 bits per heavy atom. The van der Waals surface area contributed by atoms with Gasteiger partial charge in [0, 0.05) is 13.0 Å². The predicted molar refractivity (Wildman–Crippen MR) is 65.7 cm³/mol. The van der Waals surface area contributed by atoms with Gasteiger partial charge < -0.3 is 4.74 Å². The minimum Gasteiger partial charge on any atom is -0.450 e. The Morgan fingerprint density at radius 3 is 2.55 bits per heavy atom. The second-order valence-electron chi connectivity index (χ2n) is 4.26. The molecule has 2 aromatic carbocycles. The van der Waals surface area contributed by atoms with Gasteiger partial charge in [-0.15, -0.1) is 0 Å². The van der Waals surface area contributed by atoms with Crippen LogP contribution in [0, 0.1) is 17.5 Å². The van der Waals surface area contributed by atoms with Gasteiger partial charge in [-0.1, -0.05) is 12.1 Å². The molecule has 20 heavy (non-hydrogen) atoms. The van der Waals surface area contributed by atoms with E-state index >= 15 is 0 Å². The van der Waals surface area contributed by atoms with Gasteiger partial charge >= 0.3 is 0 Å². The van der Waals surface area contributed by atoms with E-state index in [0.717, 1.165) is 4.90 Å². The fraction of sp³-hybridized carbons (Fsp3) is 0.0714. The first-order chi connectivity index (χ1) is 9.50. The molecule has 3 rings (SSSR count). The highest BCUT2D eigenvalue weighted by Crippen LogP contribution is 2.49. The van der Waals surface area contributed by atoms with E-state index in [4.69, 9.17) is 4.74 Å². The third kappa shape index (κ3) is 1.65. The normalized spacial score (nSPS) is 12.5. The van der Waals surface area contributed by atoms with Gasteiger partial charge in [-0.25, -0.2) is 13.2 Å². The summed E-state index contributed by atoms with van der Waals surface area (Å²) < 4.78 is 46.3. The Labute approximate surface area is 112 Å². The van der Waals surface area contributed by atoms with Crippen molar-refractivity contribution in [1.82, 2.24) is 0 Å². The first-order valence-electron chi connectivity index (χ1n) is 5.75. The summed E-state index contributed by atoms with van der Waals surface area (Å²) in [6.45, 7) is 1.17. The molecule has 0 aliphatic carbocycles. The van der Waals surface area contributed by atoms with Gasteiger partial charge in [-0.2, -0.15) is 0 Å². The van der Waals surface area contributed by atoms with Crippen molar-refractivity contribution in [2.45, 2.75) is 6.92 Å². The number of carbonyl (C=O) groups is 1. The van der Waals surface area contributed by atoms with E-state index in [1.807, 2.05) is 0 Å². The van der Waals surface area contributed by atoms with Crippen molar-refractivity contribution < 1.29 is 22.7 Å². The zero-order valence-electron chi connectivity index (χ0n) is 10.3. The van der Waals surface area contributed by atoms with Crippen molar-refractivity contribution in [2.24, 2.45) is 0 Å². The standard InChI is InChI=1S/C14H8F3NO2/c1-7(19)18-10-4-2-3-5-11(10)20-14-9(16)6-8(15)12(17)13(14)18/h2-6H,1H3. The Bertz CT molecular complexity index is 731. The van der Waals surface area contributed by atoms with E-state index in [0.29, 0.717) is 6.07 Å². The molecule has 1 amide bonds. The predicted octanol–water partition coefficient (Wildman–Crippen LogP) is 3.89. The summed E-state index contributed by atoms with van der Waals surface area (Å²) in [4.78, 5) is 12.7. The first kappa shape index (κ1) is 12.5. The average molecular weight is 279 g/mol. The van der Waals surface area contributed by atoms with Crippen LogP contribution in [0.15, 0.2) is 30.3 Å². The quantitative estimate of drug-likeness (QED) is 0.685. The van der Waals surface area contributed by atoms with Crippen LogP contribution in [0.3, 0.4) is 0 Å². The first-order valence-corrected chi connectivity index (χ1v) is 5.75. The zero-order valence-corrected chi connectivity index (χ0v) is 10.3. The van der Waals surface area contributed by atoms with Crippen LogP contribution in [0.2, 0.25) is 0 Å². The van der Waals surface area contributed by atoms with Crippen LogP contribution < -0.4 is 9.64 Å². The lowest BCUT2D eigenvalue weighted by molar-refractivity contribution is -0.116. The number of hydrogen-bond acceptors (Lipinski definition) is 2. The van der Waals surface area contributed by atoms with Gasteiger partial charge in [0.1, 0.15) is 5.69 Å². The van der Waals surface area contributed by atoms with Crippen molar-refractivity contribution >= 4 is 17.3 Å². The summed E-state index contributed by atoms with van der Waals surface area (Å²) in [5.41, 5.74) is -0.315. The maximum atomic E-state index is 14.0. The molecule has 0 atom stereocenters. The fourth-order valence-electron chi connectivity index (χ4n) is 2.15. The summed E-state index contributed by atoms with van der Waals surface area (Å²) in [5, 5.41) is 0. The van der Waals surface area contributed by atoms with Crippen molar-refractivity contribution in [3.63, 3.8) is 0 Å². The Balaban J connectivity index is 2.35. The van der Waals surface area contributed by atoms with Gasteiger partial charge in [0.2, 0.25) is 5.91 Å². The number of nitrogens with zero attached hydrogens (tertiary/aromatic N) is 1. The van der Waals surface area contributed by atoms with Crippen LogP contribution in [-0.2, 0) is 4.79 Å². The Kier molecular flexibility index (Phi) is 2.67. The maximum Gasteiger partial charge on any atom is 0.228 e. The number of anilines is 2. The number of carbonyl (C=O) groups excluding carboxylic acids is 1. The molecule has 1 aliphatic heterocycles. The number of hydrogen-bond donors (Lipinski definition) is 0. The van der Waals surface area contributed by atoms with Crippen LogP contribution in [0.25, 0.3) is 0 Å². The summed E-state index contributed by atoms with van der Waals surface area (Å²) in [6.07, 6.45) is 0. The van der Waals surface area contributed by atoms with Crippen LogP contribution in [0.5, 0.6) is 11.5 Å². The molecule has 6 heteroatoms. The van der Waals surface area contributed by atoms with Crippen LogP contribution in [0.4, 0.5) is 24.5 Å². The number of ether oxygens (including phenoxy) is 1. The minimum atomic E-state index is -1.38. The van der Waals surface area contributed by atoms with E-state index in [9.17, 15) is 18.0 Å². The fourth-order valence-corrected chi connectivity index (χ4v) is 2.15. The van der Waals surface area contributed by atoms with Crippen molar-refractivity contribution in [1.29, 1.82) is 0 Å². The monoisotopic (exact) mass is 279 g/mol. The highest BCUT2D eigenvalue weighted by Gasteiger charge is 2.34. The van der Waals surface area contributed by atoms with Gasteiger partial charge in [0.05, 0.1) is 5.69 Å². The molecule has 0 bridgehead atoms. The van der Waals surface area contributed by atoms with Crippen LogP contribution >= 0.6 is 0 Å². The van der Waals surface area contributed by atoms with Crippen LogP contribution in [0.1, 0.15) is 6.92 Å². The Hall–Kier alpha value is -2.50. The molecule has 0 saturated heterocycles. The largest absolute Gasteiger partial charge is 0.450 e. The molecule has 1 aliphatic rings. The lowest BCUT2D eigenvalue weighted by Gasteiger charge is -2.30. The average Bonchev–Trinajstić information content (AvgIpc) is 2.42. The highest BCUT2D eigenvalue weighted by atomic mass is 19.2. The van der Waals surface area contributed by atoms with E-state index in [1.165, 1.54) is 19.1 Å². The summed E-state index contributed by atoms with van der Waals surface area (Å²) in [5.74, 6) is -4.66. The molecule has 0 spiro atoms. The number of halogens is 3. The van der Waals surface area contributed by atoms with Crippen LogP contribution in [-0.4, -0.2) is 5.91 Å². The molecule has 0 radical (unpaired) electrons. The molecule has 0 fully saturated rings. The van der Waals surface area contributed by atoms with Crippen molar-refractivity contribution in [3.8, 4) is 11.5 Å². The lowest BCUT2D eigenvalue weighted by atomic mass is 10.1. The topological polar surface area (TPSA) is 29.5 Å². The number of amides is 1. The zero-order chi connectivity index (χ0) is 14.4. The summed E-state index contributed by atoms with van der Waals surface area (Å²) in [6, 6.07) is 6.63. The molecule has 0 N–H and O–H groups in total. The maximum absolute atomic E-state index is 14.0. The van der Waals surface area contributed by atoms with Gasteiger partial charge in [-0.05, 0) is 12.1 Å². The number of fused-ring (bicyclic) bond motifs is 2.